The summed E-state index contributed by atoms with van der Waals surface area (Å²) in [5, 5.41) is 1.02. The number of alkyl halides is 1. The SMILES string of the molecule is CC12CCC(CBr)(C1)OC2. The van der Waals surface area contributed by atoms with E-state index in [0.717, 1.165) is 11.9 Å². The smallest absolute Gasteiger partial charge is 0.0785 e. The van der Waals surface area contributed by atoms with Gasteiger partial charge in [-0.25, -0.2) is 0 Å². The van der Waals surface area contributed by atoms with Gasteiger partial charge in [-0.05, 0) is 24.7 Å². The van der Waals surface area contributed by atoms with Gasteiger partial charge in [0.25, 0.3) is 0 Å². The Morgan fingerprint density at radius 1 is 1.50 bits per heavy atom. The summed E-state index contributed by atoms with van der Waals surface area (Å²) in [6.07, 6.45) is 3.89. The van der Waals surface area contributed by atoms with E-state index < -0.39 is 0 Å². The lowest BCUT2D eigenvalue weighted by molar-refractivity contribution is -0.00863. The third-order valence-electron chi connectivity index (χ3n) is 2.90. The standard InChI is InChI=1S/C8H13BrO/c1-7-2-3-8(4-7,5-9)10-6-7/h2-6H2,1H3. The predicted molar refractivity (Wildman–Crippen MR) is 44.4 cm³/mol. The van der Waals surface area contributed by atoms with E-state index >= 15 is 0 Å². The fourth-order valence-electron chi connectivity index (χ4n) is 2.21. The monoisotopic (exact) mass is 204 g/mol. The molecule has 0 aromatic carbocycles. The van der Waals surface area contributed by atoms with Crippen LogP contribution in [0.5, 0.6) is 0 Å². The molecule has 1 nitrogen and oxygen atoms in total. The molecule has 2 fully saturated rings. The third-order valence-corrected chi connectivity index (χ3v) is 3.93. The van der Waals surface area contributed by atoms with E-state index in [-0.39, 0.29) is 5.60 Å². The van der Waals surface area contributed by atoms with Crippen molar-refractivity contribution in [3.05, 3.63) is 0 Å². The first-order chi connectivity index (χ1) is 4.68. The van der Waals surface area contributed by atoms with E-state index in [4.69, 9.17) is 4.74 Å². The molecule has 58 valence electrons. The number of hydrogen-bond donors (Lipinski definition) is 0. The second-order valence-electron chi connectivity index (χ2n) is 4.09. The van der Waals surface area contributed by atoms with Gasteiger partial charge in [-0.2, -0.15) is 0 Å². The maximum atomic E-state index is 5.74. The predicted octanol–water partition coefficient (Wildman–Crippen LogP) is 2.34. The van der Waals surface area contributed by atoms with Crippen LogP contribution in [-0.4, -0.2) is 17.5 Å². The van der Waals surface area contributed by atoms with Gasteiger partial charge in [0.2, 0.25) is 0 Å². The molecule has 0 spiro atoms. The number of fused-ring (bicyclic) bond motifs is 2. The van der Waals surface area contributed by atoms with Crippen LogP contribution >= 0.6 is 15.9 Å². The van der Waals surface area contributed by atoms with Crippen LogP contribution in [0.2, 0.25) is 0 Å². The van der Waals surface area contributed by atoms with Gasteiger partial charge in [-0.3, -0.25) is 0 Å². The molecular formula is C8H13BrO. The van der Waals surface area contributed by atoms with Crippen LogP contribution in [0, 0.1) is 5.41 Å². The molecule has 2 bridgehead atoms. The van der Waals surface area contributed by atoms with Crippen LogP contribution in [0.3, 0.4) is 0 Å². The van der Waals surface area contributed by atoms with Crippen LogP contribution in [0.25, 0.3) is 0 Å². The van der Waals surface area contributed by atoms with Crippen molar-refractivity contribution in [2.75, 3.05) is 11.9 Å². The van der Waals surface area contributed by atoms with Gasteiger partial charge < -0.3 is 4.74 Å². The van der Waals surface area contributed by atoms with Gasteiger partial charge in [-0.1, -0.05) is 22.9 Å². The Labute approximate surface area is 70.3 Å². The van der Waals surface area contributed by atoms with Crippen molar-refractivity contribution in [1.82, 2.24) is 0 Å². The number of rotatable bonds is 1. The highest BCUT2D eigenvalue weighted by molar-refractivity contribution is 9.09. The molecule has 10 heavy (non-hydrogen) atoms. The molecule has 0 aromatic rings. The highest BCUT2D eigenvalue weighted by Gasteiger charge is 2.52. The quantitative estimate of drug-likeness (QED) is 0.597. The lowest BCUT2D eigenvalue weighted by Gasteiger charge is -2.24. The van der Waals surface area contributed by atoms with E-state index in [1.165, 1.54) is 19.3 Å². The number of halogens is 1. The van der Waals surface area contributed by atoms with Crippen LogP contribution in [0.15, 0.2) is 0 Å². The minimum atomic E-state index is 0.231. The molecule has 2 heteroatoms. The van der Waals surface area contributed by atoms with Crippen LogP contribution in [-0.2, 0) is 4.74 Å². The summed E-state index contributed by atoms with van der Waals surface area (Å²) in [6.45, 7) is 3.32. The molecule has 0 amide bonds. The van der Waals surface area contributed by atoms with Crippen LogP contribution in [0.1, 0.15) is 26.2 Å². The molecular weight excluding hydrogens is 192 g/mol. The normalized spacial score (nSPS) is 52.2. The number of ether oxygens (including phenoxy) is 1. The first kappa shape index (κ1) is 7.11. The van der Waals surface area contributed by atoms with E-state index in [0.29, 0.717) is 5.41 Å². The molecule has 2 unspecified atom stereocenters. The van der Waals surface area contributed by atoms with Crippen molar-refractivity contribution >= 4 is 15.9 Å². The van der Waals surface area contributed by atoms with Crippen molar-refractivity contribution in [2.45, 2.75) is 31.8 Å². The maximum Gasteiger partial charge on any atom is 0.0785 e. The molecule has 2 atom stereocenters. The van der Waals surface area contributed by atoms with Crippen molar-refractivity contribution in [3.8, 4) is 0 Å². The summed E-state index contributed by atoms with van der Waals surface area (Å²) in [5.41, 5.74) is 0.753. The highest BCUT2D eigenvalue weighted by Crippen LogP contribution is 2.52. The average Bonchev–Trinajstić information content (AvgIpc) is 2.42. The van der Waals surface area contributed by atoms with Gasteiger partial charge in [-0.15, -0.1) is 0 Å². The highest BCUT2D eigenvalue weighted by atomic mass is 79.9. The van der Waals surface area contributed by atoms with E-state index in [1.54, 1.807) is 0 Å². The van der Waals surface area contributed by atoms with Crippen molar-refractivity contribution < 1.29 is 4.74 Å². The Balaban J connectivity index is 2.19. The Morgan fingerprint density at radius 3 is 2.50 bits per heavy atom. The minimum Gasteiger partial charge on any atom is -0.374 e. The number of hydrogen-bond acceptors (Lipinski definition) is 1. The van der Waals surface area contributed by atoms with Gasteiger partial charge in [0.1, 0.15) is 0 Å². The van der Waals surface area contributed by atoms with Crippen molar-refractivity contribution in [1.29, 1.82) is 0 Å². The van der Waals surface area contributed by atoms with Crippen LogP contribution in [0.4, 0.5) is 0 Å². The zero-order valence-corrected chi connectivity index (χ0v) is 7.91. The summed E-state index contributed by atoms with van der Waals surface area (Å²) >= 11 is 3.52. The van der Waals surface area contributed by atoms with E-state index in [1.807, 2.05) is 0 Å². The lowest BCUT2D eigenvalue weighted by Crippen LogP contribution is -2.28. The molecule has 2 aliphatic rings. The summed E-state index contributed by atoms with van der Waals surface area (Å²) in [6, 6.07) is 0. The second kappa shape index (κ2) is 1.98. The van der Waals surface area contributed by atoms with Gasteiger partial charge in [0, 0.05) is 5.33 Å². The molecule has 2 rings (SSSR count). The second-order valence-corrected chi connectivity index (χ2v) is 4.65. The van der Waals surface area contributed by atoms with Gasteiger partial charge in [0.15, 0.2) is 0 Å². The zero-order chi connectivity index (χ0) is 7.24. The summed E-state index contributed by atoms with van der Waals surface area (Å²) in [7, 11) is 0. The fraction of sp³-hybridized carbons (Fsp3) is 1.00. The summed E-state index contributed by atoms with van der Waals surface area (Å²) < 4.78 is 5.74. The minimum absolute atomic E-state index is 0.231. The molecule has 1 aliphatic carbocycles. The summed E-state index contributed by atoms with van der Waals surface area (Å²) in [5.74, 6) is 0. The molecule has 1 aliphatic heterocycles. The van der Waals surface area contributed by atoms with Crippen LogP contribution < -0.4 is 0 Å². The molecule has 0 radical (unpaired) electrons. The Kier molecular flexibility index (Phi) is 1.41. The molecule has 1 saturated heterocycles. The zero-order valence-electron chi connectivity index (χ0n) is 6.32. The topological polar surface area (TPSA) is 9.23 Å². The molecule has 1 heterocycles. The first-order valence-corrected chi connectivity index (χ1v) is 5.00. The van der Waals surface area contributed by atoms with E-state index in [2.05, 4.69) is 22.9 Å². The third kappa shape index (κ3) is 0.850. The van der Waals surface area contributed by atoms with Gasteiger partial charge >= 0.3 is 0 Å². The largest absolute Gasteiger partial charge is 0.374 e. The van der Waals surface area contributed by atoms with Gasteiger partial charge in [0.05, 0.1) is 12.2 Å². The van der Waals surface area contributed by atoms with E-state index in [9.17, 15) is 0 Å². The lowest BCUT2D eigenvalue weighted by atomic mass is 9.91. The average molecular weight is 205 g/mol. The Hall–Kier alpha value is 0.440. The maximum absolute atomic E-state index is 5.74. The Bertz CT molecular complexity index is 147. The Morgan fingerprint density at radius 2 is 2.30 bits per heavy atom. The summed E-state index contributed by atoms with van der Waals surface area (Å²) in [4.78, 5) is 0. The molecule has 1 saturated carbocycles. The first-order valence-electron chi connectivity index (χ1n) is 3.88. The molecule has 0 N–H and O–H groups in total. The van der Waals surface area contributed by atoms with Crippen molar-refractivity contribution in [3.63, 3.8) is 0 Å². The fourth-order valence-corrected chi connectivity index (χ4v) is 2.85. The molecule has 0 aromatic heterocycles. The van der Waals surface area contributed by atoms with Crippen molar-refractivity contribution in [2.24, 2.45) is 5.41 Å².